The third-order valence-corrected chi connectivity index (χ3v) is 5.43. The predicted octanol–water partition coefficient (Wildman–Crippen LogP) is 2.71. The second kappa shape index (κ2) is 6.38. The van der Waals surface area contributed by atoms with Crippen LogP contribution in [0.15, 0.2) is 29.2 Å². The number of hydrogen-bond donors (Lipinski definition) is 0. The van der Waals surface area contributed by atoms with Crippen molar-refractivity contribution in [1.29, 1.82) is 5.26 Å². The molecule has 1 aliphatic carbocycles. The van der Waals surface area contributed by atoms with E-state index in [0.29, 0.717) is 11.4 Å². The molecule has 1 aliphatic rings. The Labute approximate surface area is 121 Å². The fraction of sp³-hybridized carbons (Fsp3) is 0.533. The van der Waals surface area contributed by atoms with Gasteiger partial charge in [-0.25, -0.2) is 8.42 Å². The third-order valence-electron chi connectivity index (χ3n) is 3.47. The number of aryl methyl sites for hydroxylation is 1. The molecular formula is C15H20N2O2S. The first-order valence-electron chi connectivity index (χ1n) is 7.07. The van der Waals surface area contributed by atoms with Crippen molar-refractivity contribution < 1.29 is 8.42 Å². The van der Waals surface area contributed by atoms with Crippen LogP contribution in [0.2, 0.25) is 0 Å². The molecule has 0 N–H and O–H groups in total. The van der Waals surface area contributed by atoms with Gasteiger partial charge in [-0.15, -0.1) is 0 Å². The van der Waals surface area contributed by atoms with Crippen LogP contribution in [-0.4, -0.2) is 25.3 Å². The average molecular weight is 292 g/mol. The van der Waals surface area contributed by atoms with Crippen molar-refractivity contribution in [2.45, 2.75) is 50.0 Å². The Morgan fingerprint density at radius 1 is 1.30 bits per heavy atom. The topological polar surface area (TPSA) is 61.2 Å². The maximum atomic E-state index is 12.6. The zero-order valence-electron chi connectivity index (χ0n) is 11.7. The molecule has 0 atom stereocenters. The van der Waals surface area contributed by atoms with Gasteiger partial charge >= 0.3 is 0 Å². The van der Waals surface area contributed by atoms with Gasteiger partial charge < -0.3 is 0 Å². The summed E-state index contributed by atoms with van der Waals surface area (Å²) in [6, 6.07) is 9.24. The van der Waals surface area contributed by atoms with Crippen molar-refractivity contribution in [3.63, 3.8) is 0 Å². The molecule has 4 nitrogen and oxygen atoms in total. The van der Waals surface area contributed by atoms with Crippen LogP contribution in [0.4, 0.5) is 0 Å². The summed E-state index contributed by atoms with van der Waals surface area (Å²) in [4.78, 5) is 0.335. The van der Waals surface area contributed by atoms with Gasteiger partial charge in [0.1, 0.15) is 0 Å². The second-order valence-electron chi connectivity index (χ2n) is 5.15. The number of hydrogen-bond acceptors (Lipinski definition) is 3. The van der Waals surface area contributed by atoms with Gasteiger partial charge in [-0.1, -0.05) is 25.5 Å². The molecule has 0 saturated heterocycles. The number of sulfonamides is 1. The highest BCUT2D eigenvalue weighted by molar-refractivity contribution is 7.89. The van der Waals surface area contributed by atoms with Gasteiger partial charge in [-0.3, -0.25) is 0 Å². The van der Waals surface area contributed by atoms with E-state index in [1.54, 1.807) is 12.1 Å². The van der Waals surface area contributed by atoms with Crippen LogP contribution in [0.5, 0.6) is 0 Å². The molecule has 5 heteroatoms. The summed E-state index contributed by atoms with van der Waals surface area (Å²) in [7, 11) is -3.46. The van der Waals surface area contributed by atoms with Crippen LogP contribution in [0.25, 0.3) is 0 Å². The molecular weight excluding hydrogens is 272 g/mol. The van der Waals surface area contributed by atoms with Crippen molar-refractivity contribution in [3.05, 3.63) is 29.8 Å². The molecule has 1 saturated carbocycles. The summed E-state index contributed by atoms with van der Waals surface area (Å²) in [5, 5.41) is 8.68. The number of nitriles is 1. The van der Waals surface area contributed by atoms with E-state index in [1.165, 1.54) is 4.31 Å². The molecule has 0 spiro atoms. The average Bonchev–Trinajstić information content (AvgIpc) is 3.24. The monoisotopic (exact) mass is 292 g/mol. The van der Waals surface area contributed by atoms with E-state index in [-0.39, 0.29) is 12.5 Å². The summed E-state index contributed by atoms with van der Waals surface area (Å²) >= 11 is 0. The normalized spacial score (nSPS) is 15.2. The van der Waals surface area contributed by atoms with E-state index in [4.69, 9.17) is 5.26 Å². The van der Waals surface area contributed by atoms with Gasteiger partial charge in [-0.05, 0) is 37.0 Å². The van der Waals surface area contributed by atoms with Crippen LogP contribution >= 0.6 is 0 Å². The van der Waals surface area contributed by atoms with E-state index in [2.05, 4.69) is 6.92 Å². The molecule has 2 rings (SSSR count). The molecule has 0 heterocycles. The summed E-state index contributed by atoms with van der Waals surface area (Å²) in [5.41, 5.74) is 1.15. The van der Waals surface area contributed by atoms with Crippen LogP contribution in [-0.2, 0) is 16.4 Å². The zero-order valence-corrected chi connectivity index (χ0v) is 12.6. The lowest BCUT2D eigenvalue weighted by Crippen LogP contribution is -2.33. The Morgan fingerprint density at radius 2 is 1.95 bits per heavy atom. The number of benzene rings is 1. The number of rotatable bonds is 7. The molecule has 0 aliphatic heterocycles. The summed E-state index contributed by atoms with van der Waals surface area (Å²) in [5.74, 6) is 0. The Hall–Kier alpha value is -1.38. The van der Waals surface area contributed by atoms with Gasteiger partial charge in [0.25, 0.3) is 0 Å². The first kappa shape index (κ1) is 15.0. The Morgan fingerprint density at radius 3 is 2.45 bits per heavy atom. The first-order chi connectivity index (χ1) is 9.59. The fourth-order valence-electron chi connectivity index (χ4n) is 2.27. The first-order valence-corrected chi connectivity index (χ1v) is 8.51. The van der Waals surface area contributed by atoms with Gasteiger partial charge in [0, 0.05) is 19.0 Å². The van der Waals surface area contributed by atoms with E-state index < -0.39 is 10.0 Å². The molecule has 0 amide bonds. The Kier molecular flexibility index (Phi) is 4.79. The minimum atomic E-state index is -3.46. The molecule has 0 bridgehead atoms. The van der Waals surface area contributed by atoms with Crippen molar-refractivity contribution in [1.82, 2.24) is 4.31 Å². The zero-order chi connectivity index (χ0) is 14.6. The highest BCUT2D eigenvalue weighted by atomic mass is 32.2. The van der Waals surface area contributed by atoms with Gasteiger partial charge in [0.15, 0.2) is 0 Å². The van der Waals surface area contributed by atoms with Gasteiger partial charge in [0.2, 0.25) is 10.0 Å². The minimum absolute atomic E-state index is 0.0867. The highest BCUT2D eigenvalue weighted by Crippen LogP contribution is 2.32. The summed E-state index contributed by atoms with van der Waals surface area (Å²) < 4.78 is 26.7. The van der Waals surface area contributed by atoms with Gasteiger partial charge in [0.05, 0.1) is 11.0 Å². The van der Waals surface area contributed by atoms with E-state index >= 15 is 0 Å². The predicted molar refractivity (Wildman–Crippen MR) is 77.6 cm³/mol. The van der Waals surface area contributed by atoms with Crippen molar-refractivity contribution in [2.75, 3.05) is 6.54 Å². The lowest BCUT2D eigenvalue weighted by molar-refractivity contribution is 0.411. The Bertz CT molecular complexity index is 583. The lowest BCUT2D eigenvalue weighted by atomic mass is 10.1. The molecule has 1 fully saturated rings. The maximum absolute atomic E-state index is 12.6. The molecule has 0 unspecified atom stereocenters. The smallest absolute Gasteiger partial charge is 0.207 e. The standard InChI is InChI=1S/C15H20N2O2S/c1-2-4-13-5-9-15(10-6-13)20(18,19)17(12-3-11-16)14-7-8-14/h5-6,9-10,14H,2-4,7-8,12H2,1H3. The third kappa shape index (κ3) is 3.38. The minimum Gasteiger partial charge on any atom is -0.207 e. The van der Waals surface area contributed by atoms with Crippen molar-refractivity contribution >= 4 is 10.0 Å². The van der Waals surface area contributed by atoms with E-state index in [0.717, 1.165) is 31.2 Å². The van der Waals surface area contributed by atoms with Crippen LogP contribution in [0, 0.1) is 11.3 Å². The van der Waals surface area contributed by atoms with Crippen LogP contribution in [0.3, 0.4) is 0 Å². The summed E-state index contributed by atoms with van der Waals surface area (Å²) in [6.07, 6.45) is 4.05. The lowest BCUT2D eigenvalue weighted by Gasteiger charge is -2.20. The van der Waals surface area contributed by atoms with Crippen LogP contribution < -0.4 is 0 Å². The van der Waals surface area contributed by atoms with E-state index in [1.807, 2.05) is 18.2 Å². The SMILES string of the molecule is CCCc1ccc(S(=O)(=O)N(CCC#N)C2CC2)cc1. The highest BCUT2D eigenvalue weighted by Gasteiger charge is 2.37. The molecule has 1 aromatic rings. The van der Waals surface area contributed by atoms with E-state index in [9.17, 15) is 8.42 Å². The van der Waals surface area contributed by atoms with Crippen molar-refractivity contribution in [2.24, 2.45) is 0 Å². The molecule has 108 valence electrons. The molecule has 0 aromatic heterocycles. The quantitative estimate of drug-likeness (QED) is 0.776. The van der Waals surface area contributed by atoms with Crippen LogP contribution in [0.1, 0.15) is 38.2 Å². The summed E-state index contributed by atoms with van der Waals surface area (Å²) in [6.45, 7) is 2.39. The maximum Gasteiger partial charge on any atom is 0.243 e. The second-order valence-corrected chi connectivity index (χ2v) is 7.04. The largest absolute Gasteiger partial charge is 0.243 e. The molecule has 1 aromatic carbocycles. The molecule has 20 heavy (non-hydrogen) atoms. The molecule has 0 radical (unpaired) electrons. The van der Waals surface area contributed by atoms with Gasteiger partial charge in [-0.2, -0.15) is 9.57 Å². The fourth-order valence-corrected chi connectivity index (χ4v) is 3.96. The Balaban J connectivity index is 2.21. The number of nitrogens with zero attached hydrogens (tertiary/aromatic N) is 2. The van der Waals surface area contributed by atoms with Crippen molar-refractivity contribution in [3.8, 4) is 6.07 Å².